The summed E-state index contributed by atoms with van der Waals surface area (Å²) in [6, 6.07) is 4.73. The second-order valence-electron chi connectivity index (χ2n) is 5.47. The van der Waals surface area contributed by atoms with Crippen molar-refractivity contribution < 1.29 is 31.6 Å². The lowest BCUT2D eigenvalue weighted by molar-refractivity contribution is -0.214. The van der Waals surface area contributed by atoms with Crippen LogP contribution in [0.2, 0.25) is 0 Å². The molecule has 0 saturated carbocycles. The zero-order valence-electron chi connectivity index (χ0n) is 12.1. The third-order valence-electron chi connectivity index (χ3n) is 3.77. The van der Waals surface area contributed by atoms with Crippen molar-refractivity contribution >= 4 is 15.9 Å². The average Bonchev–Trinajstić information content (AvgIpc) is 2.73. The minimum absolute atomic E-state index is 0.0355. The molecule has 2 aliphatic rings. The maximum Gasteiger partial charge on any atom is 0.387 e. The van der Waals surface area contributed by atoms with E-state index < -0.39 is 22.2 Å². The average molecular weight is 348 g/mol. The van der Waals surface area contributed by atoms with Gasteiger partial charge in [0.2, 0.25) is 15.9 Å². The Balaban J connectivity index is 1.70. The topological polar surface area (TPSA) is 76.2 Å². The molecule has 2 heterocycles. The van der Waals surface area contributed by atoms with Crippen LogP contribution in [0.1, 0.15) is 6.42 Å². The maximum atomic E-state index is 12.4. The molecule has 2 fully saturated rings. The fourth-order valence-corrected chi connectivity index (χ4v) is 4.23. The summed E-state index contributed by atoms with van der Waals surface area (Å²) in [6.07, 6.45) is 0.136. The van der Waals surface area contributed by atoms with Crippen LogP contribution in [0.25, 0.3) is 0 Å². The Hall–Kier alpha value is -1.78. The number of carbonyl (C=O) groups is 1. The minimum atomic E-state index is -3.77. The van der Waals surface area contributed by atoms with Crippen molar-refractivity contribution in [3.05, 3.63) is 24.3 Å². The van der Waals surface area contributed by atoms with Gasteiger partial charge in [0.1, 0.15) is 11.4 Å². The third kappa shape index (κ3) is 2.89. The van der Waals surface area contributed by atoms with Gasteiger partial charge < -0.3 is 4.74 Å². The van der Waals surface area contributed by atoms with Gasteiger partial charge in [-0.2, -0.15) is 13.1 Å². The first-order valence-electron chi connectivity index (χ1n) is 6.73. The first-order chi connectivity index (χ1) is 10.7. The summed E-state index contributed by atoms with van der Waals surface area (Å²) in [4.78, 5) is 16.9. The van der Waals surface area contributed by atoms with Crippen LogP contribution in [0.3, 0.4) is 0 Å². The largest absolute Gasteiger partial charge is 0.435 e. The van der Waals surface area contributed by atoms with Gasteiger partial charge in [-0.1, -0.05) is 0 Å². The second-order valence-corrected chi connectivity index (χ2v) is 7.40. The molecule has 1 aromatic carbocycles. The van der Waals surface area contributed by atoms with Crippen molar-refractivity contribution in [1.29, 1.82) is 0 Å². The molecule has 0 aromatic heterocycles. The molecule has 0 unspecified atom stereocenters. The lowest BCUT2D eigenvalue weighted by atomic mass is 9.94. The van der Waals surface area contributed by atoms with Gasteiger partial charge in [-0.3, -0.25) is 9.63 Å². The molecule has 1 aromatic rings. The number of benzene rings is 1. The molecule has 0 bridgehead atoms. The fraction of sp³-hybridized carbons (Fsp3) is 0.462. The number of hydrogen-bond donors (Lipinski definition) is 0. The standard InChI is InChI=1S/C13H14F2N2O5S/c1-16-11(18)6-13(22-16)7-17(8-13)23(19,20)10-4-2-9(3-5-10)21-12(14)15/h2-5,12H,6-8H2,1H3. The van der Waals surface area contributed by atoms with Gasteiger partial charge in [-0.15, -0.1) is 0 Å². The van der Waals surface area contributed by atoms with Crippen LogP contribution in [-0.2, 0) is 19.7 Å². The van der Waals surface area contributed by atoms with E-state index in [1.807, 2.05) is 0 Å². The van der Waals surface area contributed by atoms with Crippen LogP contribution in [0.4, 0.5) is 8.78 Å². The lowest BCUT2D eigenvalue weighted by Gasteiger charge is -2.44. The Morgan fingerprint density at radius 3 is 2.35 bits per heavy atom. The Bertz CT molecular complexity index is 716. The van der Waals surface area contributed by atoms with Gasteiger partial charge in [-0.05, 0) is 24.3 Å². The number of halogens is 2. The number of ether oxygens (including phenoxy) is 1. The molecule has 2 aliphatic heterocycles. The van der Waals surface area contributed by atoms with E-state index in [-0.39, 0.29) is 36.1 Å². The molecular formula is C13H14F2N2O5S. The van der Waals surface area contributed by atoms with Gasteiger partial charge in [0.15, 0.2) is 0 Å². The Kier molecular flexibility index (Phi) is 3.77. The molecule has 0 N–H and O–H groups in total. The van der Waals surface area contributed by atoms with Crippen LogP contribution in [-0.4, -0.2) is 56.0 Å². The molecule has 3 rings (SSSR count). The van der Waals surface area contributed by atoms with Crippen molar-refractivity contribution in [3.63, 3.8) is 0 Å². The van der Waals surface area contributed by atoms with Gasteiger partial charge in [-0.25, -0.2) is 13.5 Å². The first-order valence-corrected chi connectivity index (χ1v) is 8.17. The number of alkyl halides is 2. The summed E-state index contributed by atoms with van der Waals surface area (Å²) < 4.78 is 54.4. The highest BCUT2D eigenvalue weighted by atomic mass is 32.2. The zero-order valence-corrected chi connectivity index (χ0v) is 12.9. The normalized spacial score (nSPS) is 21.0. The van der Waals surface area contributed by atoms with Gasteiger partial charge in [0, 0.05) is 20.1 Å². The number of carbonyl (C=O) groups excluding carboxylic acids is 1. The van der Waals surface area contributed by atoms with Crippen molar-refractivity contribution in [2.24, 2.45) is 0 Å². The van der Waals surface area contributed by atoms with Crippen LogP contribution in [0, 0.1) is 0 Å². The van der Waals surface area contributed by atoms with E-state index in [9.17, 15) is 22.0 Å². The van der Waals surface area contributed by atoms with Crippen molar-refractivity contribution in [2.45, 2.75) is 23.5 Å². The van der Waals surface area contributed by atoms with E-state index in [0.29, 0.717) is 0 Å². The Morgan fingerprint density at radius 1 is 1.26 bits per heavy atom. The maximum absolute atomic E-state index is 12.4. The molecule has 1 amide bonds. The molecule has 0 atom stereocenters. The van der Waals surface area contributed by atoms with E-state index in [1.54, 1.807) is 0 Å². The Labute approximate surface area is 131 Å². The molecular weight excluding hydrogens is 334 g/mol. The van der Waals surface area contributed by atoms with Crippen LogP contribution in [0.5, 0.6) is 5.75 Å². The van der Waals surface area contributed by atoms with E-state index in [2.05, 4.69) is 4.74 Å². The molecule has 7 nitrogen and oxygen atoms in total. The molecule has 126 valence electrons. The van der Waals surface area contributed by atoms with Crippen molar-refractivity contribution in [3.8, 4) is 5.75 Å². The lowest BCUT2D eigenvalue weighted by Crippen LogP contribution is -2.63. The first kappa shape index (κ1) is 16.1. The van der Waals surface area contributed by atoms with Crippen molar-refractivity contribution in [1.82, 2.24) is 9.37 Å². The summed E-state index contributed by atoms with van der Waals surface area (Å²) in [6.45, 7) is -2.83. The molecule has 0 radical (unpaired) electrons. The second kappa shape index (κ2) is 5.39. The van der Waals surface area contributed by atoms with Crippen LogP contribution in [0.15, 0.2) is 29.2 Å². The van der Waals surface area contributed by atoms with Crippen molar-refractivity contribution in [2.75, 3.05) is 20.1 Å². The smallest absolute Gasteiger partial charge is 0.387 e. The highest BCUT2D eigenvalue weighted by Gasteiger charge is 2.56. The number of hydrogen-bond acceptors (Lipinski definition) is 5. The van der Waals surface area contributed by atoms with Gasteiger partial charge in [0.05, 0.1) is 11.3 Å². The van der Waals surface area contributed by atoms with E-state index in [1.165, 1.54) is 23.5 Å². The van der Waals surface area contributed by atoms with E-state index >= 15 is 0 Å². The number of amides is 1. The predicted octanol–water partition coefficient (Wildman–Crippen LogP) is 0.825. The SMILES string of the molecule is CN1OC2(CC1=O)CN(S(=O)(=O)c1ccc(OC(F)F)cc1)C2. The fourth-order valence-electron chi connectivity index (χ4n) is 2.64. The van der Waals surface area contributed by atoms with Gasteiger partial charge >= 0.3 is 6.61 Å². The highest BCUT2D eigenvalue weighted by molar-refractivity contribution is 7.89. The van der Waals surface area contributed by atoms with Crippen LogP contribution >= 0.6 is 0 Å². The summed E-state index contributed by atoms with van der Waals surface area (Å²) in [5.41, 5.74) is -0.794. The number of rotatable bonds is 4. The third-order valence-corrected chi connectivity index (χ3v) is 5.58. The minimum Gasteiger partial charge on any atom is -0.435 e. The Morgan fingerprint density at radius 2 is 1.87 bits per heavy atom. The van der Waals surface area contributed by atoms with Gasteiger partial charge in [0.25, 0.3) is 0 Å². The molecule has 0 aliphatic carbocycles. The summed E-state index contributed by atoms with van der Waals surface area (Å²) in [7, 11) is -2.28. The molecule has 23 heavy (non-hydrogen) atoms. The number of sulfonamides is 1. The molecule has 2 saturated heterocycles. The predicted molar refractivity (Wildman–Crippen MR) is 73.0 cm³/mol. The monoisotopic (exact) mass is 348 g/mol. The number of nitrogens with zero attached hydrogens (tertiary/aromatic N) is 2. The van der Waals surface area contributed by atoms with E-state index in [4.69, 9.17) is 4.84 Å². The number of hydroxylamine groups is 2. The zero-order chi connectivity index (χ0) is 16.8. The quantitative estimate of drug-likeness (QED) is 0.805. The summed E-state index contributed by atoms with van der Waals surface area (Å²) >= 11 is 0. The highest BCUT2D eigenvalue weighted by Crippen LogP contribution is 2.38. The van der Waals surface area contributed by atoms with Crippen LogP contribution < -0.4 is 4.74 Å². The summed E-state index contributed by atoms with van der Waals surface area (Å²) in [5.74, 6) is -0.319. The molecule has 10 heteroatoms. The molecule has 1 spiro atoms. The summed E-state index contributed by atoms with van der Waals surface area (Å²) in [5, 5.41) is 1.11. The van der Waals surface area contributed by atoms with E-state index in [0.717, 1.165) is 17.2 Å².